The third-order valence-corrected chi connectivity index (χ3v) is 5.23. The highest BCUT2D eigenvalue weighted by molar-refractivity contribution is 9.10. The fourth-order valence-corrected chi connectivity index (χ4v) is 3.21. The van der Waals surface area contributed by atoms with Gasteiger partial charge in [-0.15, -0.1) is 10.2 Å². The quantitative estimate of drug-likeness (QED) is 0.549. The predicted octanol–water partition coefficient (Wildman–Crippen LogP) is 5.20. The Balaban J connectivity index is 1.55. The summed E-state index contributed by atoms with van der Waals surface area (Å²) >= 11 is 4.74. The Hall–Kier alpha value is -2.18. The molecule has 1 heterocycles. The van der Waals surface area contributed by atoms with E-state index in [1.807, 2.05) is 36.4 Å². The number of hydrogen-bond acceptors (Lipinski definition) is 4. The number of hydrogen-bond donors (Lipinski definition) is 1. The standard InChI is InChI=1S/C20H18BrN3OS/c1-2-14-3-5-15(6-4-14)18-11-12-20(24-23-18)26-13-19(25)22-17-9-7-16(21)8-10-17/h3-12H,2,13H2,1H3,(H,22,25). The second-order valence-electron chi connectivity index (χ2n) is 5.65. The van der Waals surface area contributed by atoms with Crippen LogP contribution < -0.4 is 5.32 Å². The van der Waals surface area contributed by atoms with Crippen LogP contribution in [0.1, 0.15) is 12.5 Å². The van der Waals surface area contributed by atoms with Gasteiger partial charge in [-0.25, -0.2) is 0 Å². The number of carbonyl (C=O) groups is 1. The van der Waals surface area contributed by atoms with Crippen LogP contribution in [0.15, 0.2) is 70.2 Å². The Bertz CT molecular complexity index is 865. The molecule has 0 bridgehead atoms. The van der Waals surface area contributed by atoms with E-state index in [1.54, 1.807) is 0 Å². The number of thioether (sulfide) groups is 1. The molecular formula is C20H18BrN3OS. The van der Waals surface area contributed by atoms with Gasteiger partial charge in [0.05, 0.1) is 11.4 Å². The van der Waals surface area contributed by atoms with Crippen molar-refractivity contribution in [2.45, 2.75) is 18.4 Å². The van der Waals surface area contributed by atoms with Crippen LogP contribution in [0, 0.1) is 0 Å². The number of benzene rings is 2. The zero-order valence-corrected chi connectivity index (χ0v) is 16.7. The summed E-state index contributed by atoms with van der Waals surface area (Å²) in [5, 5.41) is 12.1. The zero-order valence-electron chi connectivity index (χ0n) is 14.3. The lowest BCUT2D eigenvalue weighted by Gasteiger charge is -2.05. The van der Waals surface area contributed by atoms with E-state index in [1.165, 1.54) is 17.3 Å². The molecule has 1 amide bonds. The topological polar surface area (TPSA) is 54.9 Å². The molecule has 4 nitrogen and oxygen atoms in total. The fourth-order valence-electron chi connectivity index (χ4n) is 2.33. The summed E-state index contributed by atoms with van der Waals surface area (Å²) in [5.74, 6) is 0.216. The van der Waals surface area contributed by atoms with Crippen LogP contribution in [-0.2, 0) is 11.2 Å². The summed E-state index contributed by atoms with van der Waals surface area (Å²) < 4.78 is 0.976. The molecule has 0 aliphatic carbocycles. The van der Waals surface area contributed by atoms with Crippen molar-refractivity contribution >= 4 is 39.3 Å². The summed E-state index contributed by atoms with van der Waals surface area (Å²) in [6.07, 6.45) is 1.02. The van der Waals surface area contributed by atoms with Crippen molar-refractivity contribution in [1.82, 2.24) is 10.2 Å². The van der Waals surface area contributed by atoms with Gasteiger partial charge in [-0.2, -0.15) is 0 Å². The molecule has 6 heteroatoms. The summed E-state index contributed by atoms with van der Waals surface area (Å²) in [4.78, 5) is 12.0. The molecule has 0 aliphatic rings. The molecule has 0 saturated heterocycles. The number of nitrogens with zero attached hydrogens (tertiary/aromatic N) is 2. The average molecular weight is 428 g/mol. The zero-order chi connectivity index (χ0) is 18.4. The minimum absolute atomic E-state index is 0.0710. The largest absolute Gasteiger partial charge is 0.325 e. The molecule has 1 N–H and O–H groups in total. The average Bonchev–Trinajstić information content (AvgIpc) is 2.69. The summed E-state index contributed by atoms with van der Waals surface area (Å²) in [6.45, 7) is 2.13. The first kappa shape index (κ1) is 18.6. The molecule has 3 aromatic rings. The number of aromatic nitrogens is 2. The molecule has 1 aromatic heterocycles. The molecule has 132 valence electrons. The first-order valence-corrected chi connectivity index (χ1v) is 10.0. The van der Waals surface area contributed by atoms with E-state index < -0.39 is 0 Å². The van der Waals surface area contributed by atoms with E-state index in [0.717, 1.165) is 32.9 Å². The molecule has 2 aromatic carbocycles. The lowest BCUT2D eigenvalue weighted by Crippen LogP contribution is -2.14. The lowest BCUT2D eigenvalue weighted by molar-refractivity contribution is -0.113. The van der Waals surface area contributed by atoms with Gasteiger partial charge in [0.2, 0.25) is 5.91 Å². The third kappa shape index (κ3) is 5.16. The van der Waals surface area contributed by atoms with Crippen molar-refractivity contribution in [2.75, 3.05) is 11.1 Å². The Morgan fingerprint density at radius 1 is 1.00 bits per heavy atom. The lowest BCUT2D eigenvalue weighted by atomic mass is 10.1. The van der Waals surface area contributed by atoms with Gasteiger partial charge in [0.25, 0.3) is 0 Å². The second-order valence-corrected chi connectivity index (χ2v) is 7.56. The normalized spacial score (nSPS) is 10.5. The van der Waals surface area contributed by atoms with Crippen molar-refractivity contribution < 1.29 is 4.79 Å². The number of carbonyl (C=O) groups excluding carboxylic acids is 1. The minimum atomic E-state index is -0.0710. The molecule has 0 radical (unpaired) electrons. The van der Waals surface area contributed by atoms with Gasteiger partial charge >= 0.3 is 0 Å². The Labute approximate surface area is 165 Å². The number of nitrogens with one attached hydrogen (secondary N) is 1. The monoisotopic (exact) mass is 427 g/mol. The van der Waals surface area contributed by atoms with Crippen LogP contribution in [0.3, 0.4) is 0 Å². The summed E-state index contributed by atoms with van der Waals surface area (Å²) in [5.41, 5.74) is 3.94. The van der Waals surface area contributed by atoms with Gasteiger partial charge in [-0.05, 0) is 48.4 Å². The summed E-state index contributed by atoms with van der Waals surface area (Å²) in [6, 6.07) is 19.6. The van der Waals surface area contributed by atoms with Crippen LogP contribution >= 0.6 is 27.7 Å². The van der Waals surface area contributed by atoms with E-state index in [2.05, 4.69) is 62.6 Å². The van der Waals surface area contributed by atoms with Gasteiger partial charge in [0.15, 0.2) is 0 Å². The predicted molar refractivity (Wildman–Crippen MR) is 110 cm³/mol. The fraction of sp³-hybridized carbons (Fsp3) is 0.150. The van der Waals surface area contributed by atoms with Crippen molar-refractivity contribution in [3.05, 3.63) is 70.7 Å². The van der Waals surface area contributed by atoms with Crippen LogP contribution in [0.2, 0.25) is 0 Å². The van der Waals surface area contributed by atoms with Crippen LogP contribution in [0.5, 0.6) is 0 Å². The van der Waals surface area contributed by atoms with E-state index in [9.17, 15) is 4.79 Å². The van der Waals surface area contributed by atoms with Crippen molar-refractivity contribution in [1.29, 1.82) is 0 Å². The van der Waals surface area contributed by atoms with E-state index in [0.29, 0.717) is 0 Å². The maximum atomic E-state index is 12.0. The Morgan fingerprint density at radius 3 is 2.35 bits per heavy atom. The molecule has 0 fully saturated rings. The van der Waals surface area contributed by atoms with Gasteiger partial charge in [0, 0.05) is 15.7 Å². The SMILES string of the molecule is CCc1ccc(-c2ccc(SCC(=O)Nc3ccc(Br)cc3)nn2)cc1. The van der Waals surface area contributed by atoms with Gasteiger partial charge in [0.1, 0.15) is 5.03 Å². The first-order valence-electron chi connectivity index (χ1n) is 8.25. The maximum Gasteiger partial charge on any atom is 0.234 e. The highest BCUT2D eigenvalue weighted by Gasteiger charge is 2.06. The first-order chi connectivity index (χ1) is 12.6. The van der Waals surface area contributed by atoms with Crippen LogP contribution in [-0.4, -0.2) is 21.9 Å². The van der Waals surface area contributed by atoms with Crippen LogP contribution in [0.25, 0.3) is 11.3 Å². The third-order valence-electron chi connectivity index (χ3n) is 3.78. The van der Waals surface area contributed by atoms with Gasteiger partial charge in [-0.1, -0.05) is 58.9 Å². The van der Waals surface area contributed by atoms with Gasteiger partial charge < -0.3 is 5.32 Å². The summed E-state index contributed by atoms with van der Waals surface area (Å²) in [7, 11) is 0. The number of rotatable bonds is 6. The molecule has 0 unspecified atom stereocenters. The molecule has 26 heavy (non-hydrogen) atoms. The molecule has 0 saturated carbocycles. The molecule has 0 aliphatic heterocycles. The Morgan fingerprint density at radius 2 is 1.73 bits per heavy atom. The maximum absolute atomic E-state index is 12.0. The van der Waals surface area contributed by atoms with Crippen molar-refractivity contribution in [3.8, 4) is 11.3 Å². The molecule has 0 spiro atoms. The molecular weight excluding hydrogens is 410 g/mol. The van der Waals surface area contributed by atoms with Crippen molar-refractivity contribution in [2.24, 2.45) is 0 Å². The van der Waals surface area contributed by atoms with Crippen LogP contribution in [0.4, 0.5) is 5.69 Å². The second kappa shape index (κ2) is 8.96. The number of aryl methyl sites for hydroxylation is 1. The van der Waals surface area contributed by atoms with Crippen molar-refractivity contribution in [3.63, 3.8) is 0 Å². The number of anilines is 1. The van der Waals surface area contributed by atoms with E-state index in [4.69, 9.17) is 0 Å². The highest BCUT2D eigenvalue weighted by Crippen LogP contribution is 2.21. The number of halogens is 1. The molecule has 3 rings (SSSR count). The highest BCUT2D eigenvalue weighted by atomic mass is 79.9. The minimum Gasteiger partial charge on any atom is -0.325 e. The number of amides is 1. The van der Waals surface area contributed by atoms with Gasteiger partial charge in [-0.3, -0.25) is 4.79 Å². The Kier molecular flexibility index (Phi) is 6.41. The van der Waals surface area contributed by atoms with E-state index >= 15 is 0 Å². The smallest absolute Gasteiger partial charge is 0.234 e. The molecule has 0 atom stereocenters. The van der Waals surface area contributed by atoms with E-state index in [-0.39, 0.29) is 11.7 Å².